The molecular formula is C21H23F2N3O4. The summed E-state index contributed by atoms with van der Waals surface area (Å²) in [5, 5.41) is 2.68. The van der Waals surface area contributed by atoms with Crippen molar-refractivity contribution in [2.45, 2.75) is 38.9 Å². The van der Waals surface area contributed by atoms with Gasteiger partial charge in [-0.25, -0.2) is 4.39 Å². The van der Waals surface area contributed by atoms with Gasteiger partial charge in [0.15, 0.2) is 11.6 Å². The minimum Gasteiger partial charge on any atom is -0.490 e. The molecule has 0 spiro atoms. The first-order valence-electron chi connectivity index (χ1n) is 9.57. The third-order valence-corrected chi connectivity index (χ3v) is 5.26. The van der Waals surface area contributed by atoms with Crippen molar-refractivity contribution in [1.29, 1.82) is 0 Å². The number of anilines is 1. The van der Waals surface area contributed by atoms with Gasteiger partial charge in [-0.05, 0) is 38.0 Å². The number of pyridine rings is 1. The Morgan fingerprint density at radius 3 is 2.67 bits per heavy atom. The predicted molar refractivity (Wildman–Crippen MR) is 105 cm³/mol. The van der Waals surface area contributed by atoms with Crippen LogP contribution in [0.3, 0.4) is 0 Å². The molecule has 0 aliphatic carbocycles. The van der Waals surface area contributed by atoms with Crippen molar-refractivity contribution >= 4 is 17.5 Å². The number of nitrogens with two attached hydrogens (primary N) is 1. The largest absolute Gasteiger partial charge is 0.490 e. The highest BCUT2D eigenvalue weighted by atomic mass is 19.2. The maximum Gasteiger partial charge on any atom is 0.267 e. The van der Waals surface area contributed by atoms with Gasteiger partial charge >= 0.3 is 0 Å². The Balaban J connectivity index is 1.95. The summed E-state index contributed by atoms with van der Waals surface area (Å²) in [6.45, 7) is 5.48. The van der Waals surface area contributed by atoms with Crippen LogP contribution in [-0.2, 0) is 9.53 Å². The van der Waals surface area contributed by atoms with E-state index in [0.717, 1.165) is 6.07 Å². The molecule has 4 unspecified atom stereocenters. The summed E-state index contributed by atoms with van der Waals surface area (Å²) >= 11 is 0. The van der Waals surface area contributed by atoms with Crippen LogP contribution in [0.2, 0.25) is 0 Å². The van der Waals surface area contributed by atoms with Crippen molar-refractivity contribution in [2.75, 3.05) is 11.9 Å². The van der Waals surface area contributed by atoms with Gasteiger partial charge in [-0.2, -0.15) is 4.39 Å². The van der Waals surface area contributed by atoms with Crippen molar-refractivity contribution in [3.8, 4) is 5.75 Å². The third-order valence-electron chi connectivity index (χ3n) is 5.26. The number of nitrogens with zero attached hydrogens (tertiary/aromatic N) is 1. The summed E-state index contributed by atoms with van der Waals surface area (Å²) in [5.41, 5.74) is 5.90. The standard InChI is InChI=1S/C21H23F2N3O4/c1-4-29-18-13(5-6-14(22)17(18)23)16-10(2)11(3)30-19(16)21(28)26-12-7-8-25-15(9-12)20(24)27/h5-11,16,19H,4H2,1-3H3,(H2,24,27)(H,25,26,28). The fourth-order valence-electron chi connectivity index (χ4n) is 3.64. The third kappa shape index (κ3) is 4.11. The second-order valence-electron chi connectivity index (χ2n) is 7.14. The van der Waals surface area contributed by atoms with Gasteiger partial charge in [-0.3, -0.25) is 14.6 Å². The van der Waals surface area contributed by atoms with E-state index in [4.69, 9.17) is 15.2 Å². The van der Waals surface area contributed by atoms with Crippen molar-refractivity contribution < 1.29 is 27.8 Å². The minimum atomic E-state index is -1.10. The van der Waals surface area contributed by atoms with Crippen LogP contribution in [-0.4, -0.2) is 35.6 Å². The van der Waals surface area contributed by atoms with Gasteiger partial charge in [0.05, 0.1) is 12.7 Å². The SMILES string of the molecule is CCOc1c(C2C(C(=O)Nc3ccnc(C(N)=O)c3)OC(C)C2C)ccc(F)c1F. The molecule has 7 nitrogen and oxygen atoms in total. The Bertz CT molecular complexity index is 969. The van der Waals surface area contributed by atoms with Crippen LogP contribution >= 0.6 is 0 Å². The normalized spacial score (nSPS) is 23.2. The fraction of sp³-hybridized carbons (Fsp3) is 0.381. The first-order valence-corrected chi connectivity index (χ1v) is 9.57. The van der Waals surface area contributed by atoms with Crippen LogP contribution in [0.15, 0.2) is 30.5 Å². The molecule has 0 bridgehead atoms. The molecule has 1 aromatic carbocycles. The number of ether oxygens (including phenoxy) is 2. The maximum absolute atomic E-state index is 14.4. The number of halogens is 2. The van der Waals surface area contributed by atoms with Crippen LogP contribution in [0.5, 0.6) is 5.75 Å². The topological polar surface area (TPSA) is 104 Å². The molecule has 2 amide bonds. The minimum absolute atomic E-state index is 0.00216. The summed E-state index contributed by atoms with van der Waals surface area (Å²) in [5.74, 6) is -4.32. The van der Waals surface area contributed by atoms with Crippen LogP contribution in [0.4, 0.5) is 14.5 Å². The lowest BCUT2D eigenvalue weighted by Crippen LogP contribution is -2.33. The van der Waals surface area contributed by atoms with Gasteiger partial charge in [0.25, 0.3) is 11.8 Å². The monoisotopic (exact) mass is 419 g/mol. The maximum atomic E-state index is 14.4. The van der Waals surface area contributed by atoms with Gasteiger partial charge in [-0.1, -0.05) is 13.0 Å². The number of amides is 2. The van der Waals surface area contributed by atoms with Gasteiger partial charge in [-0.15, -0.1) is 0 Å². The Morgan fingerprint density at radius 2 is 2.00 bits per heavy atom. The number of primary amides is 1. The average Bonchev–Trinajstić information content (AvgIpc) is 3.01. The van der Waals surface area contributed by atoms with Crippen molar-refractivity contribution in [3.05, 3.63) is 53.4 Å². The summed E-state index contributed by atoms with van der Waals surface area (Å²) in [6.07, 6.45) is 0.0486. The molecule has 2 aromatic rings. The van der Waals surface area contributed by atoms with Crippen LogP contribution in [0, 0.1) is 17.6 Å². The molecule has 0 saturated carbocycles. The summed E-state index contributed by atoms with van der Waals surface area (Å²) in [7, 11) is 0. The van der Waals surface area contributed by atoms with Gasteiger partial charge in [0.2, 0.25) is 5.82 Å². The number of carbonyl (C=O) groups is 2. The van der Waals surface area contributed by atoms with E-state index in [1.165, 1.54) is 24.4 Å². The molecule has 1 aliphatic rings. The summed E-state index contributed by atoms with van der Waals surface area (Å²) in [4.78, 5) is 28.2. The van der Waals surface area contributed by atoms with Crippen molar-refractivity contribution in [2.24, 2.45) is 11.7 Å². The first-order chi connectivity index (χ1) is 14.2. The Morgan fingerprint density at radius 1 is 1.27 bits per heavy atom. The van der Waals surface area contributed by atoms with E-state index in [9.17, 15) is 18.4 Å². The first kappa shape index (κ1) is 21.6. The molecule has 1 aromatic heterocycles. The fourth-order valence-corrected chi connectivity index (χ4v) is 3.64. The second kappa shape index (κ2) is 8.74. The average molecular weight is 419 g/mol. The number of rotatable bonds is 6. The number of benzene rings is 1. The second-order valence-corrected chi connectivity index (χ2v) is 7.14. The zero-order valence-electron chi connectivity index (χ0n) is 16.8. The van der Waals surface area contributed by atoms with E-state index in [0.29, 0.717) is 11.3 Å². The molecule has 9 heteroatoms. The molecule has 30 heavy (non-hydrogen) atoms. The van der Waals surface area contributed by atoms with Crippen LogP contribution in [0.1, 0.15) is 42.7 Å². The molecule has 0 radical (unpaired) electrons. The molecule has 160 valence electrons. The molecule has 1 aliphatic heterocycles. The molecular weight excluding hydrogens is 396 g/mol. The number of hydrogen-bond donors (Lipinski definition) is 2. The van der Waals surface area contributed by atoms with Crippen LogP contribution < -0.4 is 15.8 Å². The lowest BCUT2D eigenvalue weighted by Gasteiger charge is -2.24. The quantitative estimate of drug-likeness (QED) is 0.749. The molecule has 4 atom stereocenters. The molecule has 3 rings (SSSR count). The predicted octanol–water partition coefficient (Wildman–Crippen LogP) is 3.00. The zero-order chi connectivity index (χ0) is 22.0. The number of aromatic nitrogens is 1. The Hall–Kier alpha value is -3.07. The Labute approximate surface area is 172 Å². The molecule has 3 N–H and O–H groups in total. The highest BCUT2D eigenvalue weighted by Gasteiger charge is 2.46. The van der Waals surface area contributed by atoms with E-state index in [1.807, 2.05) is 13.8 Å². The lowest BCUT2D eigenvalue weighted by atomic mass is 9.82. The highest BCUT2D eigenvalue weighted by Crippen LogP contribution is 2.45. The highest BCUT2D eigenvalue weighted by molar-refractivity contribution is 5.97. The summed E-state index contributed by atoms with van der Waals surface area (Å²) in [6, 6.07) is 5.29. The molecule has 1 fully saturated rings. The molecule has 2 heterocycles. The van der Waals surface area contributed by atoms with Gasteiger partial charge in [0.1, 0.15) is 11.8 Å². The molecule has 1 saturated heterocycles. The smallest absolute Gasteiger partial charge is 0.267 e. The Kier molecular flexibility index (Phi) is 6.31. The number of carbonyl (C=O) groups excluding carboxylic acids is 2. The zero-order valence-corrected chi connectivity index (χ0v) is 16.8. The van der Waals surface area contributed by atoms with Crippen LogP contribution in [0.25, 0.3) is 0 Å². The van der Waals surface area contributed by atoms with E-state index in [2.05, 4.69) is 10.3 Å². The van der Waals surface area contributed by atoms with Crippen molar-refractivity contribution in [1.82, 2.24) is 4.98 Å². The summed E-state index contributed by atoms with van der Waals surface area (Å²) < 4.78 is 39.4. The van der Waals surface area contributed by atoms with E-state index < -0.39 is 35.5 Å². The van der Waals surface area contributed by atoms with Crippen molar-refractivity contribution in [3.63, 3.8) is 0 Å². The van der Waals surface area contributed by atoms with E-state index in [-0.39, 0.29) is 30.1 Å². The van der Waals surface area contributed by atoms with Gasteiger partial charge < -0.3 is 20.5 Å². The van der Waals surface area contributed by atoms with E-state index >= 15 is 0 Å². The number of nitrogens with one attached hydrogen (secondary N) is 1. The number of hydrogen-bond acceptors (Lipinski definition) is 5. The van der Waals surface area contributed by atoms with Gasteiger partial charge in [0, 0.05) is 23.4 Å². The van der Waals surface area contributed by atoms with E-state index in [1.54, 1.807) is 6.92 Å². The lowest BCUT2D eigenvalue weighted by molar-refractivity contribution is -0.127.